The molecule has 0 bridgehead atoms. The van der Waals surface area contributed by atoms with E-state index in [0.717, 1.165) is 16.6 Å². The summed E-state index contributed by atoms with van der Waals surface area (Å²) in [6.45, 7) is 4.01. The molecule has 1 heterocycles. The van der Waals surface area contributed by atoms with E-state index in [0.29, 0.717) is 5.56 Å². The number of primary amides is 1. The summed E-state index contributed by atoms with van der Waals surface area (Å²) in [6.07, 6.45) is 0. The second-order valence-corrected chi connectivity index (χ2v) is 3.47. The van der Waals surface area contributed by atoms with E-state index in [1.165, 1.54) is 5.56 Å². The van der Waals surface area contributed by atoms with Crippen molar-refractivity contribution >= 4 is 16.8 Å². The summed E-state index contributed by atoms with van der Waals surface area (Å²) in [7, 11) is 0. The molecular weight excluding hydrogens is 176 g/mol. The molecule has 14 heavy (non-hydrogen) atoms. The molecule has 0 radical (unpaired) electrons. The van der Waals surface area contributed by atoms with Gasteiger partial charge in [0.2, 0.25) is 0 Å². The molecule has 0 saturated heterocycles. The summed E-state index contributed by atoms with van der Waals surface area (Å²) in [5.74, 6) is -0.392. The van der Waals surface area contributed by atoms with E-state index in [2.05, 4.69) is 4.98 Å². The molecule has 0 aliphatic rings. The van der Waals surface area contributed by atoms with Crippen molar-refractivity contribution in [3.63, 3.8) is 0 Å². The van der Waals surface area contributed by atoms with Gasteiger partial charge in [-0.25, -0.2) is 0 Å². The largest absolute Gasteiger partial charge is 0.366 e. The second kappa shape index (κ2) is 2.87. The fourth-order valence-corrected chi connectivity index (χ4v) is 1.69. The van der Waals surface area contributed by atoms with Crippen LogP contribution < -0.4 is 5.73 Å². The molecule has 0 fully saturated rings. The van der Waals surface area contributed by atoms with Gasteiger partial charge in [-0.3, -0.25) is 4.79 Å². The Morgan fingerprint density at radius 2 is 2.07 bits per heavy atom. The summed E-state index contributed by atoms with van der Waals surface area (Å²) in [5, 5.41) is 1.07. The number of nitrogens with two attached hydrogens (primary N) is 1. The van der Waals surface area contributed by atoms with Crippen LogP contribution in [-0.2, 0) is 0 Å². The molecule has 1 aromatic heterocycles. The van der Waals surface area contributed by atoms with Crippen molar-refractivity contribution in [3.05, 3.63) is 35.0 Å². The van der Waals surface area contributed by atoms with Gasteiger partial charge in [0.05, 0.1) is 11.1 Å². The van der Waals surface area contributed by atoms with Gasteiger partial charge in [0.25, 0.3) is 5.91 Å². The first-order chi connectivity index (χ1) is 6.61. The van der Waals surface area contributed by atoms with E-state index < -0.39 is 5.91 Å². The minimum Gasteiger partial charge on any atom is -0.366 e. The van der Waals surface area contributed by atoms with Crippen molar-refractivity contribution in [2.24, 2.45) is 5.73 Å². The molecule has 0 saturated carbocycles. The highest BCUT2D eigenvalue weighted by Gasteiger charge is 2.10. The van der Waals surface area contributed by atoms with Crippen LogP contribution in [0, 0.1) is 13.8 Å². The zero-order valence-corrected chi connectivity index (χ0v) is 8.22. The quantitative estimate of drug-likeness (QED) is 0.705. The number of aryl methyl sites for hydroxylation is 2. The molecule has 1 aromatic carbocycles. The van der Waals surface area contributed by atoms with Gasteiger partial charge in [0.1, 0.15) is 0 Å². The maximum atomic E-state index is 11.1. The Kier molecular flexibility index (Phi) is 1.81. The summed E-state index contributed by atoms with van der Waals surface area (Å²) < 4.78 is 0. The summed E-state index contributed by atoms with van der Waals surface area (Å²) in [4.78, 5) is 14.3. The first-order valence-electron chi connectivity index (χ1n) is 4.49. The fraction of sp³-hybridized carbons (Fsp3) is 0.182. The Morgan fingerprint density at radius 1 is 1.36 bits per heavy atom. The third-order valence-electron chi connectivity index (χ3n) is 2.61. The van der Waals surface area contributed by atoms with Crippen LogP contribution in [0.3, 0.4) is 0 Å². The van der Waals surface area contributed by atoms with Crippen molar-refractivity contribution in [2.45, 2.75) is 13.8 Å². The van der Waals surface area contributed by atoms with Crippen molar-refractivity contribution in [2.75, 3.05) is 0 Å². The summed E-state index contributed by atoms with van der Waals surface area (Å²) >= 11 is 0. The third-order valence-corrected chi connectivity index (χ3v) is 2.61. The van der Waals surface area contributed by atoms with Crippen LogP contribution in [0.5, 0.6) is 0 Å². The first kappa shape index (κ1) is 8.81. The van der Waals surface area contributed by atoms with E-state index in [1.54, 1.807) is 6.07 Å². The summed E-state index contributed by atoms with van der Waals surface area (Å²) in [6, 6.07) is 5.57. The lowest BCUT2D eigenvalue weighted by atomic mass is 10.1. The van der Waals surface area contributed by atoms with Gasteiger partial charge in [0, 0.05) is 11.1 Å². The molecule has 3 nitrogen and oxygen atoms in total. The highest BCUT2D eigenvalue weighted by Crippen LogP contribution is 2.23. The number of nitrogens with one attached hydrogen (secondary N) is 1. The number of fused-ring (bicyclic) bond motifs is 1. The molecule has 0 unspecified atom stereocenters. The predicted octanol–water partition coefficient (Wildman–Crippen LogP) is 1.88. The van der Waals surface area contributed by atoms with Gasteiger partial charge in [-0.2, -0.15) is 0 Å². The van der Waals surface area contributed by atoms with Crippen LogP contribution in [0.4, 0.5) is 0 Å². The third kappa shape index (κ3) is 1.09. The number of hydrogen-bond donors (Lipinski definition) is 2. The van der Waals surface area contributed by atoms with E-state index in [-0.39, 0.29) is 0 Å². The van der Waals surface area contributed by atoms with Crippen LogP contribution in [-0.4, -0.2) is 10.9 Å². The number of hydrogen-bond acceptors (Lipinski definition) is 1. The Bertz CT molecular complexity index is 511. The number of para-hydroxylation sites is 1. The topological polar surface area (TPSA) is 58.9 Å². The highest BCUT2D eigenvalue weighted by molar-refractivity contribution is 6.05. The van der Waals surface area contributed by atoms with E-state index in [4.69, 9.17) is 5.73 Å². The normalized spacial score (nSPS) is 10.7. The molecule has 3 heteroatoms. The standard InChI is InChI=1S/C11H12N2O/c1-6-7(2)13-10-8(6)4-3-5-9(10)11(12)14/h3-5,13H,1-2H3,(H2,12,14). The SMILES string of the molecule is Cc1[nH]c2c(C(N)=O)cccc2c1C. The van der Waals surface area contributed by atoms with Crippen molar-refractivity contribution in [1.82, 2.24) is 4.98 Å². The van der Waals surface area contributed by atoms with Crippen LogP contribution >= 0.6 is 0 Å². The highest BCUT2D eigenvalue weighted by atomic mass is 16.1. The lowest BCUT2D eigenvalue weighted by Crippen LogP contribution is -2.11. The van der Waals surface area contributed by atoms with E-state index in [9.17, 15) is 4.79 Å². The molecule has 2 rings (SSSR count). The number of aromatic nitrogens is 1. The van der Waals surface area contributed by atoms with Gasteiger partial charge in [-0.15, -0.1) is 0 Å². The summed E-state index contributed by atoms with van der Waals surface area (Å²) in [5.41, 5.74) is 8.92. The molecule has 1 amide bonds. The molecular formula is C11H12N2O. The zero-order chi connectivity index (χ0) is 10.3. The number of amides is 1. The maximum absolute atomic E-state index is 11.1. The molecule has 0 spiro atoms. The Hall–Kier alpha value is -1.77. The monoisotopic (exact) mass is 188 g/mol. The Balaban J connectivity index is 2.88. The molecule has 3 N–H and O–H groups in total. The average Bonchev–Trinajstić information content (AvgIpc) is 2.43. The lowest BCUT2D eigenvalue weighted by molar-refractivity contribution is 0.100. The molecule has 0 aliphatic carbocycles. The average molecular weight is 188 g/mol. The minimum atomic E-state index is -0.392. The van der Waals surface area contributed by atoms with Gasteiger partial charge >= 0.3 is 0 Å². The Morgan fingerprint density at radius 3 is 2.71 bits per heavy atom. The van der Waals surface area contributed by atoms with Gasteiger partial charge in [-0.05, 0) is 25.5 Å². The van der Waals surface area contributed by atoms with Crippen LogP contribution in [0.15, 0.2) is 18.2 Å². The van der Waals surface area contributed by atoms with Gasteiger partial charge < -0.3 is 10.7 Å². The van der Waals surface area contributed by atoms with E-state index in [1.807, 2.05) is 26.0 Å². The first-order valence-corrected chi connectivity index (χ1v) is 4.49. The van der Waals surface area contributed by atoms with Crippen molar-refractivity contribution < 1.29 is 4.79 Å². The van der Waals surface area contributed by atoms with Crippen LogP contribution in [0.1, 0.15) is 21.6 Å². The van der Waals surface area contributed by atoms with Crippen LogP contribution in [0.25, 0.3) is 10.9 Å². The smallest absolute Gasteiger partial charge is 0.250 e. The molecule has 2 aromatic rings. The van der Waals surface area contributed by atoms with Crippen molar-refractivity contribution in [3.8, 4) is 0 Å². The van der Waals surface area contributed by atoms with Crippen molar-refractivity contribution in [1.29, 1.82) is 0 Å². The predicted molar refractivity (Wildman–Crippen MR) is 56.3 cm³/mol. The number of benzene rings is 1. The van der Waals surface area contributed by atoms with Gasteiger partial charge in [0.15, 0.2) is 0 Å². The van der Waals surface area contributed by atoms with Crippen LogP contribution in [0.2, 0.25) is 0 Å². The number of carbonyl (C=O) groups excluding carboxylic acids is 1. The van der Waals surface area contributed by atoms with E-state index >= 15 is 0 Å². The van der Waals surface area contributed by atoms with Gasteiger partial charge in [-0.1, -0.05) is 12.1 Å². The Labute approximate surface area is 81.9 Å². The molecule has 0 atom stereocenters. The zero-order valence-electron chi connectivity index (χ0n) is 8.22. The molecule has 72 valence electrons. The fourth-order valence-electron chi connectivity index (χ4n) is 1.69. The molecule has 0 aliphatic heterocycles. The lowest BCUT2D eigenvalue weighted by Gasteiger charge is -1.97. The number of H-pyrrole nitrogens is 1. The number of aromatic amines is 1. The number of carbonyl (C=O) groups is 1. The maximum Gasteiger partial charge on any atom is 0.250 e. The second-order valence-electron chi connectivity index (χ2n) is 3.47. The number of rotatable bonds is 1. The minimum absolute atomic E-state index is 0.392.